The molecule has 1 aliphatic heterocycles. The van der Waals surface area contributed by atoms with Crippen LogP contribution in [0.25, 0.3) is 10.7 Å². The number of H-pyrrole nitrogens is 1. The minimum absolute atomic E-state index is 0.00959. The van der Waals surface area contributed by atoms with Crippen LogP contribution in [-0.4, -0.2) is 64.1 Å². The third-order valence-electron chi connectivity index (χ3n) is 4.55. The SMILES string of the molecule is O=C(CSc1n[nH]c(-c2cccs2)n1)NC[C@H]1CN(Cc2ccccc2)CCO1. The Balaban J connectivity index is 1.18. The average Bonchev–Trinajstić information content (AvgIpc) is 3.43. The van der Waals surface area contributed by atoms with Crippen LogP contribution in [0.2, 0.25) is 0 Å². The molecule has 1 amide bonds. The lowest BCUT2D eigenvalue weighted by molar-refractivity contribution is -0.119. The maximum atomic E-state index is 12.2. The number of hydrogen-bond acceptors (Lipinski definition) is 7. The van der Waals surface area contributed by atoms with E-state index in [1.807, 2.05) is 23.6 Å². The van der Waals surface area contributed by atoms with E-state index in [-0.39, 0.29) is 17.8 Å². The highest BCUT2D eigenvalue weighted by molar-refractivity contribution is 7.99. The second-order valence-corrected chi connectivity index (χ2v) is 8.64. The fraction of sp³-hybridized carbons (Fsp3) is 0.350. The molecule has 0 unspecified atom stereocenters. The van der Waals surface area contributed by atoms with Crippen molar-refractivity contribution >= 4 is 29.0 Å². The van der Waals surface area contributed by atoms with Gasteiger partial charge in [0.2, 0.25) is 11.1 Å². The third-order valence-corrected chi connectivity index (χ3v) is 6.27. The monoisotopic (exact) mass is 429 g/mol. The molecule has 2 aromatic heterocycles. The second-order valence-electron chi connectivity index (χ2n) is 6.75. The van der Waals surface area contributed by atoms with Gasteiger partial charge in [-0.05, 0) is 17.0 Å². The number of hydrogen-bond donors (Lipinski definition) is 2. The molecule has 1 saturated heterocycles. The summed E-state index contributed by atoms with van der Waals surface area (Å²) < 4.78 is 5.81. The lowest BCUT2D eigenvalue weighted by Crippen LogP contribution is -2.47. The number of aromatic amines is 1. The maximum absolute atomic E-state index is 12.2. The molecule has 0 saturated carbocycles. The Labute approximate surface area is 177 Å². The van der Waals surface area contributed by atoms with E-state index in [1.165, 1.54) is 17.3 Å². The first kappa shape index (κ1) is 20.1. The molecule has 0 radical (unpaired) electrons. The molecule has 0 bridgehead atoms. The predicted molar refractivity (Wildman–Crippen MR) is 115 cm³/mol. The number of amides is 1. The smallest absolute Gasteiger partial charge is 0.230 e. The predicted octanol–water partition coefficient (Wildman–Crippen LogP) is 2.64. The molecule has 1 fully saturated rings. The number of carbonyl (C=O) groups is 1. The first-order valence-electron chi connectivity index (χ1n) is 9.50. The van der Waals surface area contributed by atoms with Gasteiger partial charge in [-0.3, -0.25) is 14.8 Å². The summed E-state index contributed by atoms with van der Waals surface area (Å²) in [6.07, 6.45) is 0.00959. The molecule has 1 aliphatic rings. The summed E-state index contributed by atoms with van der Waals surface area (Å²) in [5, 5.41) is 12.6. The lowest BCUT2D eigenvalue weighted by Gasteiger charge is -2.33. The van der Waals surface area contributed by atoms with Gasteiger partial charge in [0, 0.05) is 26.2 Å². The first-order chi connectivity index (χ1) is 14.3. The van der Waals surface area contributed by atoms with Crippen molar-refractivity contribution in [2.75, 3.05) is 32.0 Å². The minimum atomic E-state index is -0.0405. The molecular formula is C20H23N5O2S2. The quantitative estimate of drug-likeness (QED) is 0.536. The van der Waals surface area contributed by atoms with Crippen molar-refractivity contribution in [3.05, 3.63) is 53.4 Å². The molecule has 3 heterocycles. The van der Waals surface area contributed by atoms with Crippen molar-refractivity contribution in [1.29, 1.82) is 0 Å². The second kappa shape index (κ2) is 10.0. The Bertz CT molecular complexity index is 901. The molecule has 0 aliphatic carbocycles. The molecular weight excluding hydrogens is 406 g/mol. The number of rotatable bonds is 8. The fourth-order valence-electron chi connectivity index (χ4n) is 3.13. The Kier molecular flexibility index (Phi) is 6.94. The van der Waals surface area contributed by atoms with Crippen LogP contribution in [0.1, 0.15) is 5.56 Å². The molecule has 29 heavy (non-hydrogen) atoms. The van der Waals surface area contributed by atoms with Crippen LogP contribution in [-0.2, 0) is 16.1 Å². The van der Waals surface area contributed by atoms with E-state index in [1.54, 1.807) is 11.3 Å². The molecule has 4 rings (SSSR count). The Morgan fingerprint density at radius 3 is 3.03 bits per heavy atom. The summed E-state index contributed by atoms with van der Waals surface area (Å²) >= 11 is 2.92. The fourth-order valence-corrected chi connectivity index (χ4v) is 4.42. The van der Waals surface area contributed by atoms with E-state index < -0.39 is 0 Å². The van der Waals surface area contributed by atoms with Crippen LogP contribution in [0, 0.1) is 0 Å². The van der Waals surface area contributed by atoms with E-state index in [2.05, 4.69) is 49.7 Å². The van der Waals surface area contributed by atoms with Gasteiger partial charge in [0.25, 0.3) is 0 Å². The number of carbonyl (C=O) groups excluding carboxylic acids is 1. The number of benzene rings is 1. The number of nitrogens with zero attached hydrogens (tertiary/aromatic N) is 3. The number of nitrogens with one attached hydrogen (secondary N) is 2. The zero-order valence-electron chi connectivity index (χ0n) is 15.9. The van der Waals surface area contributed by atoms with E-state index >= 15 is 0 Å². The van der Waals surface area contributed by atoms with Gasteiger partial charge in [-0.25, -0.2) is 4.98 Å². The number of thioether (sulfide) groups is 1. The van der Waals surface area contributed by atoms with Gasteiger partial charge in [0.1, 0.15) is 0 Å². The Hall–Kier alpha value is -2.20. The molecule has 3 aromatic rings. The van der Waals surface area contributed by atoms with Crippen molar-refractivity contribution in [1.82, 2.24) is 25.4 Å². The Morgan fingerprint density at radius 2 is 2.21 bits per heavy atom. The minimum Gasteiger partial charge on any atom is -0.374 e. The van der Waals surface area contributed by atoms with Gasteiger partial charge in [-0.2, -0.15) is 0 Å². The highest BCUT2D eigenvalue weighted by Gasteiger charge is 2.21. The molecule has 7 nitrogen and oxygen atoms in total. The highest BCUT2D eigenvalue weighted by Crippen LogP contribution is 2.23. The number of morpholine rings is 1. The summed E-state index contributed by atoms with van der Waals surface area (Å²) in [6, 6.07) is 14.4. The lowest BCUT2D eigenvalue weighted by atomic mass is 10.2. The number of aromatic nitrogens is 3. The van der Waals surface area contributed by atoms with Crippen molar-refractivity contribution in [3.8, 4) is 10.7 Å². The summed E-state index contributed by atoms with van der Waals surface area (Å²) in [5.74, 6) is 0.973. The molecule has 9 heteroatoms. The van der Waals surface area contributed by atoms with E-state index in [0.717, 1.165) is 30.3 Å². The van der Waals surface area contributed by atoms with Crippen LogP contribution >= 0.6 is 23.1 Å². The summed E-state index contributed by atoms with van der Waals surface area (Å²) in [6.45, 7) is 3.83. The van der Waals surface area contributed by atoms with Gasteiger partial charge in [0.05, 0.1) is 23.3 Å². The largest absolute Gasteiger partial charge is 0.374 e. The van der Waals surface area contributed by atoms with Crippen LogP contribution in [0.15, 0.2) is 53.0 Å². The van der Waals surface area contributed by atoms with Crippen molar-refractivity contribution in [2.24, 2.45) is 0 Å². The van der Waals surface area contributed by atoms with Crippen molar-refractivity contribution in [2.45, 2.75) is 17.8 Å². The van der Waals surface area contributed by atoms with E-state index in [9.17, 15) is 4.79 Å². The highest BCUT2D eigenvalue weighted by atomic mass is 32.2. The van der Waals surface area contributed by atoms with Gasteiger partial charge in [-0.1, -0.05) is 48.2 Å². The Morgan fingerprint density at radius 1 is 1.31 bits per heavy atom. The van der Waals surface area contributed by atoms with Gasteiger partial charge >= 0.3 is 0 Å². The third kappa shape index (κ3) is 5.89. The zero-order chi connectivity index (χ0) is 19.9. The van der Waals surface area contributed by atoms with Crippen LogP contribution in [0.5, 0.6) is 0 Å². The van der Waals surface area contributed by atoms with E-state index in [4.69, 9.17) is 4.74 Å². The van der Waals surface area contributed by atoms with Gasteiger partial charge in [0.15, 0.2) is 5.82 Å². The van der Waals surface area contributed by atoms with Crippen molar-refractivity contribution in [3.63, 3.8) is 0 Å². The zero-order valence-corrected chi connectivity index (χ0v) is 17.5. The van der Waals surface area contributed by atoms with Crippen LogP contribution < -0.4 is 5.32 Å². The van der Waals surface area contributed by atoms with Gasteiger partial charge < -0.3 is 10.1 Å². The molecule has 2 N–H and O–H groups in total. The topological polar surface area (TPSA) is 83.1 Å². The van der Waals surface area contributed by atoms with Crippen molar-refractivity contribution < 1.29 is 9.53 Å². The molecule has 1 aromatic carbocycles. The molecule has 152 valence electrons. The standard InChI is InChI=1S/C20H23N5O2S2/c26-18(14-29-20-22-19(23-24-20)17-7-4-10-28-17)21-11-16-13-25(8-9-27-16)12-15-5-2-1-3-6-15/h1-7,10,16H,8-9,11-14H2,(H,21,26)(H,22,23,24)/t16-/m0/s1. The summed E-state index contributed by atoms with van der Waals surface area (Å²) in [4.78, 5) is 20.0. The van der Waals surface area contributed by atoms with Crippen LogP contribution in [0.3, 0.4) is 0 Å². The number of ether oxygens (including phenoxy) is 1. The number of thiophene rings is 1. The maximum Gasteiger partial charge on any atom is 0.230 e. The van der Waals surface area contributed by atoms with Gasteiger partial charge in [-0.15, -0.1) is 16.4 Å². The molecule has 1 atom stereocenters. The van der Waals surface area contributed by atoms with Crippen LogP contribution in [0.4, 0.5) is 0 Å². The summed E-state index contributed by atoms with van der Waals surface area (Å²) in [7, 11) is 0. The molecule has 0 spiro atoms. The summed E-state index contributed by atoms with van der Waals surface area (Å²) in [5.41, 5.74) is 1.29. The van der Waals surface area contributed by atoms with E-state index in [0.29, 0.717) is 18.3 Å². The average molecular weight is 430 g/mol. The first-order valence-corrected chi connectivity index (χ1v) is 11.4. The normalized spacial score (nSPS) is 17.3.